The molecule has 16 atom stereocenters. The quantitative estimate of drug-likeness (QED) is 0.0199. The molecule has 3 rings (SSSR count). The molecule has 0 bridgehead atoms. The van der Waals surface area contributed by atoms with Crippen LogP contribution in [-0.2, 0) is 137 Å². The molecule has 3 aliphatic rings. The Balaban J connectivity index is 1.57. The van der Waals surface area contributed by atoms with Crippen LogP contribution in [0.4, 0.5) is 0 Å². The molecule has 0 saturated carbocycles. The number of nitrogens with one attached hydrogen (secondary N) is 8. The molecule has 47 nitrogen and oxygen atoms in total. The van der Waals surface area contributed by atoms with Crippen LogP contribution in [0.15, 0.2) is 0 Å². The van der Waals surface area contributed by atoms with Crippen LogP contribution in [0.25, 0.3) is 0 Å². The van der Waals surface area contributed by atoms with Crippen molar-refractivity contribution in [3.8, 4) is 0 Å². The van der Waals surface area contributed by atoms with E-state index in [-0.39, 0.29) is 243 Å². The number of hydrogen-bond acceptors (Lipinski definition) is 38. The lowest BCUT2D eigenvalue weighted by Gasteiger charge is -2.42. The lowest BCUT2D eigenvalue weighted by Crippen LogP contribution is -2.64. The number of phosphoric ester groups is 1. The molecule has 682 valence electrons. The Bertz CT molecular complexity index is 2570. The third-order valence-electron chi connectivity index (χ3n) is 16.7. The van der Waals surface area contributed by atoms with Gasteiger partial charge in [-0.3, -0.25) is 47.4 Å². The highest BCUT2D eigenvalue weighted by Gasteiger charge is 2.48. The zero-order valence-corrected chi connectivity index (χ0v) is 67.8. The van der Waals surface area contributed by atoms with E-state index >= 15 is 0 Å². The number of aliphatic hydroxyl groups excluding tert-OH is 9. The summed E-state index contributed by atoms with van der Waals surface area (Å²) in [5.41, 5.74) is -1.56. The number of aliphatic hydroxyl groups is 9. The van der Waals surface area contributed by atoms with Gasteiger partial charge in [0, 0.05) is 79.1 Å². The van der Waals surface area contributed by atoms with Crippen LogP contribution in [0.3, 0.4) is 0 Å². The number of carbonyl (C=O) groups is 8. The van der Waals surface area contributed by atoms with Gasteiger partial charge >= 0.3 is 7.82 Å². The van der Waals surface area contributed by atoms with Gasteiger partial charge in [-0.1, -0.05) is 0 Å². The number of amides is 8. The highest BCUT2D eigenvalue weighted by atomic mass is 31.2. The van der Waals surface area contributed by atoms with Gasteiger partial charge in [-0.05, 0) is 6.92 Å². The Morgan fingerprint density at radius 3 is 0.855 bits per heavy atom. The second-order valence-electron chi connectivity index (χ2n) is 26.3. The van der Waals surface area contributed by atoms with Gasteiger partial charge in [-0.15, -0.1) is 0 Å². The summed E-state index contributed by atoms with van der Waals surface area (Å²) in [5.74, 6) is -3.84. The minimum atomic E-state index is -4.07. The monoisotopic (exact) mass is 1720 g/mol. The van der Waals surface area contributed by atoms with E-state index in [2.05, 4.69) is 47.1 Å². The Labute approximate surface area is 678 Å². The van der Waals surface area contributed by atoms with E-state index in [1.807, 2.05) is 0 Å². The second kappa shape index (κ2) is 63.7. The topological polar surface area (TPSA) is 637 Å². The number of phosphoric acid groups is 1. The van der Waals surface area contributed by atoms with Crippen LogP contribution in [0.2, 0.25) is 0 Å². The molecule has 0 radical (unpaired) electrons. The molecular weight excluding hydrogens is 1600 g/mol. The Hall–Kier alpha value is -5.21. The molecule has 3 saturated heterocycles. The number of carbonyl (C=O) groups excluding carboxylic acids is 8. The Kier molecular flexibility index (Phi) is 57.7. The molecule has 3 aliphatic heterocycles. The summed E-state index contributed by atoms with van der Waals surface area (Å²) in [6.45, 7) is 3.39. The van der Waals surface area contributed by atoms with E-state index in [1.54, 1.807) is 6.92 Å². The summed E-state index contributed by atoms with van der Waals surface area (Å²) in [5, 5.41) is 112. The molecule has 0 aliphatic carbocycles. The molecule has 1 unspecified atom stereocenters. The van der Waals surface area contributed by atoms with E-state index in [4.69, 9.17) is 89.8 Å². The number of ether oxygens (including phenoxy) is 18. The Morgan fingerprint density at radius 2 is 0.581 bits per heavy atom. The summed E-state index contributed by atoms with van der Waals surface area (Å²) in [6.07, 6.45) is -17.1. The molecule has 8 amide bonds. The highest BCUT2D eigenvalue weighted by molar-refractivity contribution is 7.47. The van der Waals surface area contributed by atoms with E-state index in [0.717, 1.165) is 0 Å². The minimum absolute atomic E-state index is 0.00983. The van der Waals surface area contributed by atoms with E-state index in [0.29, 0.717) is 13.2 Å². The minimum Gasteiger partial charge on any atom is -0.394 e. The summed E-state index contributed by atoms with van der Waals surface area (Å²) < 4.78 is 122. The van der Waals surface area contributed by atoms with Crippen molar-refractivity contribution in [3.63, 3.8) is 0 Å². The predicted octanol–water partition coefficient (Wildman–Crippen LogP) is -9.51. The molecule has 3 heterocycles. The maximum absolute atomic E-state index is 13.9. The van der Waals surface area contributed by atoms with Crippen LogP contribution < -0.4 is 42.5 Å². The van der Waals surface area contributed by atoms with Crippen LogP contribution in [0.1, 0.15) is 59.8 Å². The molecule has 18 N–H and O–H groups in total. The van der Waals surface area contributed by atoms with E-state index in [9.17, 15) is 93.8 Å². The van der Waals surface area contributed by atoms with Crippen LogP contribution >= 0.6 is 7.82 Å². The first-order valence-electron chi connectivity index (χ1n) is 38.7. The van der Waals surface area contributed by atoms with Crippen molar-refractivity contribution < 1.29 is 188 Å². The van der Waals surface area contributed by atoms with Crippen molar-refractivity contribution in [2.75, 3.05) is 238 Å². The normalized spacial score (nSPS) is 23.9. The highest BCUT2D eigenvalue weighted by Crippen LogP contribution is 2.42. The van der Waals surface area contributed by atoms with Gasteiger partial charge < -0.3 is 179 Å². The van der Waals surface area contributed by atoms with Crippen molar-refractivity contribution in [1.29, 1.82) is 0 Å². The molecule has 0 aromatic rings. The lowest BCUT2D eigenvalue weighted by atomic mass is 9.97. The lowest BCUT2D eigenvalue weighted by molar-refractivity contribution is -0.272. The maximum atomic E-state index is 13.9. The predicted molar refractivity (Wildman–Crippen MR) is 397 cm³/mol. The largest absolute Gasteiger partial charge is 0.472 e. The molecule has 0 aromatic carbocycles. The maximum Gasteiger partial charge on any atom is 0.472 e. The Morgan fingerprint density at radius 1 is 0.333 bits per heavy atom. The van der Waals surface area contributed by atoms with Crippen molar-refractivity contribution in [3.05, 3.63) is 0 Å². The van der Waals surface area contributed by atoms with Gasteiger partial charge in [0.25, 0.3) is 0 Å². The van der Waals surface area contributed by atoms with Crippen LogP contribution in [-0.4, -0.2) is 433 Å². The second-order valence-corrected chi connectivity index (χ2v) is 27.7. The molecule has 0 aromatic heterocycles. The van der Waals surface area contributed by atoms with Gasteiger partial charge in [0.05, 0.1) is 211 Å². The summed E-state index contributed by atoms with van der Waals surface area (Å²) in [4.78, 5) is 110. The SMILES string of the molecule is CCOP(=O)(O)OCCOCCOCCOCCOCCC(=O)NCCOCCOCCC(=O)NC(COCCC(=O)NCCOCCO[C@@H]1O[C@H](CO)[C@H](O)[C@H](O)[C@H]1NC(C)=O)(COCCC(=O)NCCOCCO[C@@H]1O[C@H](CO)[C@H](O)[C@H](O)[C@H]1NC(C)=O)COCCC(=O)NCCOCCO[C@@H]1O[C@H](CO)[C@H](O)[C@H](O)[C@H]1NC(C)=O. The average molecular weight is 1720 g/mol. The fraction of sp³-hybridized carbons (Fsp3) is 0.884. The first-order chi connectivity index (χ1) is 56.2. The van der Waals surface area contributed by atoms with Crippen LogP contribution in [0, 0.1) is 0 Å². The first kappa shape index (κ1) is 106. The third-order valence-corrected chi connectivity index (χ3v) is 17.8. The molecule has 3 fully saturated rings. The van der Waals surface area contributed by atoms with Crippen LogP contribution in [0.5, 0.6) is 0 Å². The van der Waals surface area contributed by atoms with Gasteiger partial charge in [-0.2, -0.15) is 0 Å². The number of hydrogen-bond donors (Lipinski definition) is 18. The third kappa shape index (κ3) is 47.1. The van der Waals surface area contributed by atoms with Gasteiger partial charge in [0.1, 0.15) is 78.6 Å². The summed E-state index contributed by atoms with van der Waals surface area (Å²) in [6, 6.07) is -3.48. The molecular formula is C69H127N8O39P. The fourth-order valence-corrected chi connectivity index (χ4v) is 11.6. The van der Waals surface area contributed by atoms with Gasteiger partial charge in [0.2, 0.25) is 47.3 Å². The van der Waals surface area contributed by atoms with Crippen molar-refractivity contribution in [2.45, 2.75) is 157 Å². The zero-order valence-electron chi connectivity index (χ0n) is 66.9. The zero-order chi connectivity index (χ0) is 86.1. The van der Waals surface area contributed by atoms with Crippen molar-refractivity contribution in [1.82, 2.24) is 42.5 Å². The number of rotatable bonds is 70. The standard InChI is InChI=1S/C69H127N8O39P/c1-5-112-117(95,96)113-39-35-105-31-30-104-29-28-103-27-25-97-15-6-52(84)70-11-20-99-26-24-98-16-10-56(88)77-69(43-106-17-7-53(85)71-12-21-100-32-36-109-66-57(74-46(2)81)63(92)60(89)49(40-78)114-66,44-107-18-8-54(86)72-13-22-101-33-37-110-67-58(75-47(3)82)64(93)61(90)50(41-79)115-67)45-108-19-9-55(87)73-14-23-102-34-38-111-68-59(76-48(4)83)65(94)62(91)51(42-80)116-68/h49-51,57-68,78-80,89-94H,5-45H2,1-4H3,(H,70,84)(H,71,85)(H,72,86)(H,73,87)(H,74,81)(H,75,82)(H,76,83)(H,77,88)(H,95,96)/t49-,50-,51-,57-,58-,59-,60+,61+,62+,63-,64-,65-,66-,67-,68-/m1/s1. The molecule has 117 heavy (non-hydrogen) atoms. The van der Waals surface area contributed by atoms with Gasteiger partial charge in [-0.25, -0.2) is 4.57 Å². The van der Waals surface area contributed by atoms with E-state index < -0.39 is 166 Å². The average Bonchev–Trinajstić information content (AvgIpc) is 0.821. The summed E-state index contributed by atoms with van der Waals surface area (Å²) >= 11 is 0. The molecule has 48 heteroatoms. The first-order valence-corrected chi connectivity index (χ1v) is 40.2. The smallest absolute Gasteiger partial charge is 0.394 e. The molecule has 0 spiro atoms. The van der Waals surface area contributed by atoms with Gasteiger partial charge in [0.15, 0.2) is 18.9 Å². The summed E-state index contributed by atoms with van der Waals surface area (Å²) in [7, 11) is -4.07. The van der Waals surface area contributed by atoms with E-state index in [1.165, 1.54) is 20.8 Å². The van der Waals surface area contributed by atoms with Crippen molar-refractivity contribution in [2.24, 2.45) is 0 Å². The fourth-order valence-electron chi connectivity index (χ4n) is 10.9. The van der Waals surface area contributed by atoms with Crippen molar-refractivity contribution >= 4 is 55.1 Å².